The van der Waals surface area contributed by atoms with E-state index in [1.807, 2.05) is 18.2 Å². The summed E-state index contributed by atoms with van der Waals surface area (Å²) in [6, 6.07) is 5.75. The van der Waals surface area contributed by atoms with Crippen LogP contribution in [0.5, 0.6) is 5.75 Å². The normalized spacial score (nSPS) is 26.0. The molecule has 2 saturated heterocycles. The Morgan fingerprint density at radius 1 is 1.11 bits per heavy atom. The molecule has 5 nitrogen and oxygen atoms in total. The molecule has 27 heavy (non-hydrogen) atoms. The first-order valence-electron chi connectivity index (χ1n) is 9.17. The maximum atomic E-state index is 14.6. The summed E-state index contributed by atoms with van der Waals surface area (Å²) < 4.78 is 14.6. The Balaban J connectivity index is 1.45. The van der Waals surface area contributed by atoms with Crippen LogP contribution in [0.1, 0.15) is 25.0 Å². The number of piperidine rings is 1. The van der Waals surface area contributed by atoms with Gasteiger partial charge in [0.1, 0.15) is 11.9 Å². The number of phenols is 1. The Morgan fingerprint density at radius 3 is 2.89 bits per heavy atom. The lowest BCUT2D eigenvalue weighted by atomic mass is 9.96. The summed E-state index contributed by atoms with van der Waals surface area (Å²) in [5, 5.41) is 15.5. The summed E-state index contributed by atoms with van der Waals surface area (Å²) in [7, 11) is 0. The van der Waals surface area contributed by atoms with Crippen molar-refractivity contribution in [1.29, 1.82) is 0 Å². The Labute approximate surface area is 156 Å². The van der Waals surface area contributed by atoms with Crippen molar-refractivity contribution >= 4 is 16.8 Å². The fraction of sp³-hybridized carbons (Fsp3) is 0.286. The van der Waals surface area contributed by atoms with E-state index in [0.717, 1.165) is 35.6 Å². The van der Waals surface area contributed by atoms with E-state index in [1.54, 1.807) is 30.9 Å². The second-order valence-corrected chi connectivity index (χ2v) is 7.29. The molecule has 5 rings (SSSR count). The van der Waals surface area contributed by atoms with Gasteiger partial charge in [-0.2, -0.15) is 0 Å². The topological polar surface area (TPSA) is 70.9 Å². The maximum Gasteiger partial charge on any atom is 0.137 e. The Hall–Kier alpha value is -2.86. The molecular formula is C21H19FN4O. The number of halogens is 1. The molecule has 2 aliphatic rings. The number of aromatic nitrogens is 3. The third-order valence-electron chi connectivity index (χ3n) is 5.50. The van der Waals surface area contributed by atoms with Gasteiger partial charge in [-0.15, -0.1) is 0 Å². The van der Waals surface area contributed by atoms with Gasteiger partial charge in [-0.25, -0.2) is 4.39 Å². The predicted molar refractivity (Wildman–Crippen MR) is 102 cm³/mol. The lowest BCUT2D eigenvalue weighted by Crippen LogP contribution is -2.42. The lowest BCUT2D eigenvalue weighted by molar-refractivity contribution is 0.270. The van der Waals surface area contributed by atoms with Crippen LogP contribution in [0.4, 0.5) is 4.39 Å². The molecule has 136 valence electrons. The molecule has 3 aromatic rings. The van der Waals surface area contributed by atoms with E-state index >= 15 is 0 Å². The molecule has 3 atom stereocenters. The highest BCUT2D eigenvalue weighted by molar-refractivity contribution is 5.89. The Bertz CT molecular complexity index is 1030. The second-order valence-electron chi connectivity index (χ2n) is 7.29. The monoisotopic (exact) mass is 362 g/mol. The van der Waals surface area contributed by atoms with Crippen molar-refractivity contribution in [3.63, 3.8) is 0 Å². The Morgan fingerprint density at radius 2 is 2.04 bits per heavy atom. The van der Waals surface area contributed by atoms with Crippen molar-refractivity contribution in [3.05, 3.63) is 54.3 Å². The van der Waals surface area contributed by atoms with E-state index < -0.39 is 6.17 Å². The number of fused-ring (bicyclic) bond motifs is 3. The number of hydrogen-bond donors (Lipinski definition) is 2. The van der Waals surface area contributed by atoms with Crippen LogP contribution in [0.15, 0.2) is 48.6 Å². The van der Waals surface area contributed by atoms with E-state index in [1.165, 1.54) is 0 Å². The standard InChI is InChI=1S/C21H19FN4O/c22-21-13(5-15-1-2-18(21)26-15)6-16-10-25-19(11-24-16)17-7-12-3-4-23-9-14(12)8-20(17)27/h3-4,6-11,15,18,21,26-27H,1-2,5H2/b13-6-/t15?,18?,21-/m0/s1. The first-order valence-corrected chi connectivity index (χ1v) is 9.17. The highest BCUT2D eigenvalue weighted by Gasteiger charge is 2.38. The maximum absolute atomic E-state index is 14.6. The van der Waals surface area contributed by atoms with Crippen molar-refractivity contribution in [2.75, 3.05) is 0 Å². The van der Waals surface area contributed by atoms with E-state index in [0.29, 0.717) is 23.0 Å². The minimum absolute atomic E-state index is 0.0636. The van der Waals surface area contributed by atoms with Crippen molar-refractivity contribution in [1.82, 2.24) is 20.3 Å². The number of aromatic hydroxyl groups is 1. The SMILES string of the molecule is Oc1cc2cnccc2cc1-c1cnc(/C=C2/CC3CCC(N3)[C@H]2F)cn1. The van der Waals surface area contributed by atoms with Crippen LogP contribution in [-0.4, -0.2) is 38.3 Å². The Kier molecular flexibility index (Phi) is 3.86. The van der Waals surface area contributed by atoms with Crippen LogP contribution in [0.2, 0.25) is 0 Å². The van der Waals surface area contributed by atoms with Gasteiger partial charge in [-0.1, -0.05) is 0 Å². The van der Waals surface area contributed by atoms with Gasteiger partial charge in [0.25, 0.3) is 0 Å². The van der Waals surface area contributed by atoms with Gasteiger partial charge in [0.05, 0.1) is 23.8 Å². The van der Waals surface area contributed by atoms with E-state index in [9.17, 15) is 9.50 Å². The summed E-state index contributed by atoms with van der Waals surface area (Å²) in [4.78, 5) is 12.9. The zero-order chi connectivity index (χ0) is 18.4. The van der Waals surface area contributed by atoms with Gasteiger partial charge in [-0.05, 0) is 54.5 Å². The first kappa shape index (κ1) is 16.3. The largest absolute Gasteiger partial charge is 0.507 e. The number of phenolic OH excluding ortho intramolecular Hbond substituents is 1. The van der Waals surface area contributed by atoms with Gasteiger partial charge < -0.3 is 10.4 Å². The molecule has 4 heterocycles. The third kappa shape index (κ3) is 2.96. The molecule has 2 fully saturated rings. The molecule has 0 amide bonds. The molecule has 0 radical (unpaired) electrons. The van der Waals surface area contributed by atoms with E-state index in [2.05, 4.69) is 20.3 Å². The molecule has 6 heteroatoms. The molecule has 0 spiro atoms. The van der Waals surface area contributed by atoms with Crippen LogP contribution in [0.25, 0.3) is 28.1 Å². The zero-order valence-corrected chi connectivity index (χ0v) is 14.6. The minimum atomic E-state index is -0.955. The average molecular weight is 362 g/mol. The predicted octanol–water partition coefficient (Wildman–Crippen LogP) is 3.64. The van der Waals surface area contributed by atoms with Gasteiger partial charge >= 0.3 is 0 Å². The fourth-order valence-electron chi connectivity index (χ4n) is 4.11. The zero-order valence-electron chi connectivity index (χ0n) is 14.6. The van der Waals surface area contributed by atoms with Crippen molar-refractivity contribution in [3.8, 4) is 17.0 Å². The molecule has 0 saturated carbocycles. The van der Waals surface area contributed by atoms with Crippen molar-refractivity contribution in [2.24, 2.45) is 0 Å². The number of alkyl halides is 1. The third-order valence-corrected chi connectivity index (χ3v) is 5.50. The van der Waals surface area contributed by atoms with Crippen molar-refractivity contribution in [2.45, 2.75) is 37.5 Å². The summed E-state index contributed by atoms with van der Waals surface area (Å²) in [6.07, 6.45) is 10.2. The quantitative estimate of drug-likeness (QED) is 0.728. The molecule has 2 bridgehead atoms. The fourth-order valence-corrected chi connectivity index (χ4v) is 4.11. The highest BCUT2D eigenvalue weighted by atomic mass is 19.1. The summed E-state index contributed by atoms with van der Waals surface area (Å²) in [5.74, 6) is 0.134. The molecule has 2 aliphatic heterocycles. The first-order chi connectivity index (χ1) is 13.2. The van der Waals surface area contributed by atoms with E-state index in [4.69, 9.17) is 0 Å². The van der Waals surface area contributed by atoms with Crippen LogP contribution in [-0.2, 0) is 0 Å². The molecule has 1 aromatic carbocycles. The smallest absolute Gasteiger partial charge is 0.137 e. The molecule has 2 aromatic heterocycles. The minimum Gasteiger partial charge on any atom is -0.507 e. The number of benzene rings is 1. The molecule has 2 N–H and O–H groups in total. The van der Waals surface area contributed by atoms with Crippen LogP contribution >= 0.6 is 0 Å². The summed E-state index contributed by atoms with van der Waals surface area (Å²) in [5.41, 5.74) is 2.63. The number of nitrogens with zero attached hydrogens (tertiary/aromatic N) is 3. The molecular weight excluding hydrogens is 343 g/mol. The molecule has 2 unspecified atom stereocenters. The number of nitrogens with one attached hydrogen (secondary N) is 1. The van der Waals surface area contributed by atoms with Crippen LogP contribution < -0.4 is 5.32 Å². The van der Waals surface area contributed by atoms with E-state index in [-0.39, 0.29) is 11.8 Å². The lowest BCUT2D eigenvalue weighted by Gasteiger charge is -2.27. The second kappa shape index (κ2) is 6.39. The van der Waals surface area contributed by atoms with Crippen LogP contribution in [0.3, 0.4) is 0 Å². The summed E-state index contributed by atoms with van der Waals surface area (Å²) in [6.45, 7) is 0. The number of pyridine rings is 1. The van der Waals surface area contributed by atoms with Gasteiger partial charge in [0, 0.05) is 35.4 Å². The summed E-state index contributed by atoms with van der Waals surface area (Å²) >= 11 is 0. The average Bonchev–Trinajstić information content (AvgIpc) is 3.10. The highest BCUT2D eigenvalue weighted by Crippen LogP contribution is 2.34. The van der Waals surface area contributed by atoms with Crippen LogP contribution in [0, 0.1) is 0 Å². The number of hydrogen-bond acceptors (Lipinski definition) is 5. The van der Waals surface area contributed by atoms with Crippen molar-refractivity contribution < 1.29 is 9.50 Å². The van der Waals surface area contributed by atoms with Gasteiger partial charge in [0.15, 0.2) is 0 Å². The molecule has 0 aliphatic carbocycles. The number of rotatable bonds is 2. The van der Waals surface area contributed by atoms with Gasteiger partial charge in [-0.3, -0.25) is 15.0 Å². The van der Waals surface area contributed by atoms with Gasteiger partial charge in [0.2, 0.25) is 0 Å².